The summed E-state index contributed by atoms with van der Waals surface area (Å²) in [7, 11) is 0. The Kier molecular flexibility index (Phi) is 4.92. The van der Waals surface area contributed by atoms with E-state index in [1.54, 1.807) is 18.3 Å². The van der Waals surface area contributed by atoms with Crippen LogP contribution in [0.2, 0.25) is 0 Å². The standard InChI is InChI=1S/C22H20FN3O2S/c1-13-4-3-5-17(10-13)26-21(28)18(20(27)24-22(26)29)12-25-14(2)6-7-15-11-16(23)8-9-19(15)25/h3-5,8-12,14H,6-7H2,1-2H3,(H,24,27,29). The van der Waals surface area contributed by atoms with E-state index in [9.17, 15) is 14.0 Å². The number of fused-ring (bicyclic) bond motifs is 1. The van der Waals surface area contributed by atoms with Gasteiger partial charge < -0.3 is 4.90 Å². The van der Waals surface area contributed by atoms with Crippen LogP contribution < -0.4 is 15.1 Å². The quantitative estimate of drug-likeness (QED) is 0.468. The molecule has 0 saturated carbocycles. The maximum Gasteiger partial charge on any atom is 0.271 e. The van der Waals surface area contributed by atoms with E-state index < -0.39 is 11.8 Å². The van der Waals surface area contributed by atoms with Crippen molar-refractivity contribution in [2.75, 3.05) is 9.80 Å². The van der Waals surface area contributed by atoms with Crippen molar-refractivity contribution >= 4 is 40.5 Å². The summed E-state index contributed by atoms with van der Waals surface area (Å²) in [5.74, 6) is -1.32. The number of benzene rings is 2. The SMILES string of the molecule is Cc1cccc(N2C(=O)C(=CN3c4ccc(F)cc4CCC3C)C(=O)NC2=S)c1. The molecule has 1 N–H and O–H groups in total. The molecule has 2 heterocycles. The van der Waals surface area contributed by atoms with Crippen LogP contribution >= 0.6 is 12.2 Å². The Balaban J connectivity index is 1.76. The number of carbonyl (C=O) groups is 2. The van der Waals surface area contributed by atoms with E-state index in [0.29, 0.717) is 5.69 Å². The number of nitrogens with zero attached hydrogens (tertiary/aromatic N) is 2. The highest BCUT2D eigenvalue weighted by Crippen LogP contribution is 2.32. The fourth-order valence-electron chi connectivity index (χ4n) is 3.73. The van der Waals surface area contributed by atoms with Gasteiger partial charge >= 0.3 is 0 Å². The number of anilines is 2. The van der Waals surface area contributed by atoms with Gasteiger partial charge in [0.05, 0.1) is 5.69 Å². The zero-order valence-electron chi connectivity index (χ0n) is 16.1. The Bertz CT molecular complexity index is 1070. The lowest BCUT2D eigenvalue weighted by atomic mass is 9.96. The van der Waals surface area contributed by atoms with E-state index in [1.165, 1.54) is 17.0 Å². The number of hydrogen-bond acceptors (Lipinski definition) is 4. The highest BCUT2D eigenvalue weighted by molar-refractivity contribution is 7.80. The molecule has 1 fully saturated rings. The third-order valence-electron chi connectivity index (χ3n) is 5.26. The molecule has 0 bridgehead atoms. The van der Waals surface area contributed by atoms with Crippen LogP contribution in [0.25, 0.3) is 0 Å². The first-order valence-electron chi connectivity index (χ1n) is 9.40. The Morgan fingerprint density at radius 2 is 2.00 bits per heavy atom. The van der Waals surface area contributed by atoms with Gasteiger partial charge in [-0.2, -0.15) is 0 Å². The van der Waals surface area contributed by atoms with Crippen LogP contribution in [0.1, 0.15) is 24.5 Å². The van der Waals surface area contributed by atoms with Gasteiger partial charge in [0.1, 0.15) is 11.4 Å². The number of halogens is 1. The van der Waals surface area contributed by atoms with Crippen molar-refractivity contribution in [1.29, 1.82) is 0 Å². The zero-order valence-corrected chi connectivity index (χ0v) is 16.9. The summed E-state index contributed by atoms with van der Waals surface area (Å²) in [6.07, 6.45) is 3.09. The molecule has 2 aromatic rings. The lowest BCUT2D eigenvalue weighted by molar-refractivity contribution is -0.122. The molecule has 0 radical (unpaired) electrons. The van der Waals surface area contributed by atoms with Crippen molar-refractivity contribution in [3.05, 3.63) is 71.2 Å². The Labute approximate surface area is 173 Å². The summed E-state index contributed by atoms with van der Waals surface area (Å²) in [5.41, 5.74) is 3.22. The number of nitrogens with one attached hydrogen (secondary N) is 1. The van der Waals surface area contributed by atoms with Gasteiger partial charge in [0, 0.05) is 17.9 Å². The maximum absolute atomic E-state index is 13.6. The molecular weight excluding hydrogens is 389 g/mol. The number of aryl methyl sites for hydroxylation is 2. The molecule has 4 rings (SSSR count). The van der Waals surface area contributed by atoms with Crippen molar-refractivity contribution < 1.29 is 14.0 Å². The van der Waals surface area contributed by atoms with E-state index in [1.807, 2.05) is 36.9 Å². The number of hydrogen-bond donors (Lipinski definition) is 1. The largest absolute Gasteiger partial charge is 0.344 e. The van der Waals surface area contributed by atoms with Crippen LogP contribution in [-0.4, -0.2) is 23.0 Å². The number of carbonyl (C=O) groups excluding carboxylic acids is 2. The number of amides is 2. The van der Waals surface area contributed by atoms with Crippen LogP contribution in [0.4, 0.5) is 15.8 Å². The first-order chi connectivity index (χ1) is 13.8. The van der Waals surface area contributed by atoms with E-state index >= 15 is 0 Å². The van der Waals surface area contributed by atoms with Crippen LogP contribution in [0.15, 0.2) is 54.2 Å². The second-order valence-corrected chi connectivity index (χ2v) is 7.74. The van der Waals surface area contributed by atoms with Crippen molar-refractivity contribution in [2.24, 2.45) is 0 Å². The molecule has 0 spiro atoms. The number of thiocarbonyl (C=S) groups is 1. The predicted molar refractivity (Wildman–Crippen MR) is 114 cm³/mol. The minimum absolute atomic E-state index is 0.0101. The van der Waals surface area contributed by atoms with Gasteiger partial charge in [-0.25, -0.2) is 4.39 Å². The summed E-state index contributed by atoms with van der Waals surface area (Å²) in [6, 6.07) is 12.0. The highest BCUT2D eigenvalue weighted by atomic mass is 32.1. The van der Waals surface area contributed by atoms with Gasteiger partial charge in [0.2, 0.25) is 0 Å². The van der Waals surface area contributed by atoms with Gasteiger partial charge in [-0.15, -0.1) is 0 Å². The topological polar surface area (TPSA) is 52.7 Å². The minimum atomic E-state index is -0.537. The molecule has 1 unspecified atom stereocenters. The smallest absolute Gasteiger partial charge is 0.271 e. The molecule has 29 heavy (non-hydrogen) atoms. The summed E-state index contributed by atoms with van der Waals surface area (Å²) in [5, 5.41) is 2.66. The summed E-state index contributed by atoms with van der Waals surface area (Å²) in [6.45, 7) is 3.93. The highest BCUT2D eigenvalue weighted by Gasteiger charge is 2.36. The molecule has 2 aliphatic heterocycles. The fraction of sp³-hybridized carbons (Fsp3) is 0.227. The second kappa shape index (κ2) is 7.40. The third-order valence-corrected chi connectivity index (χ3v) is 5.54. The normalized spacial score (nSPS) is 20.7. The van der Waals surface area contributed by atoms with Crippen LogP contribution in [0.5, 0.6) is 0 Å². The zero-order chi connectivity index (χ0) is 20.7. The van der Waals surface area contributed by atoms with Crippen LogP contribution in [0, 0.1) is 12.7 Å². The summed E-state index contributed by atoms with van der Waals surface area (Å²) >= 11 is 5.26. The Hall–Kier alpha value is -3.06. The van der Waals surface area contributed by atoms with Gasteiger partial charge in [-0.05, 0) is 80.4 Å². The Morgan fingerprint density at radius 3 is 2.76 bits per heavy atom. The molecule has 1 atom stereocenters. The molecular formula is C22H20FN3O2S. The van der Waals surface area contributed by atoms with Gasteiger partial charge in [0.25, 0.3) is 11.8 Å². The molecule has 148 valence electrons. The first-order valence-corrected chi connectivity index (χ1v) is 9.81. The average molecular weight is 409 g/mol. The van der Waals surface area contributed by atoms with Crippen molar-refractivity contribution in [3.8, 4) is 0 Å². The molecule has 2 aromatic carbocycles. The van der Waals surface area contributed by atoms with Crippen LogP contribution in [-0.2, 0) is 16.0 Å². The van der Waals surface area contributed by atoms with E-state index in [-0.39, 0.29) is 22.5 Å². The third kappa shape index (κ3) is 3.53. The van der Waals surface area contributed by atoms with Crippen molar-refractivity contribution in [2.45, 2.75) is 32.7 Å². The van der Waals surface area contributed by atoms with Gasteiger partial charge in [-0.3, -0.25) is 19.8 Å². The molecule has 1 saturated heterocycles. The summed E-state index contributed by atoms with van der Waals surface area (Å²) < 4.78 is 13.6. The molecule has 0 aromatic heterocycles. The predicted octanol–water partition coefficient (Wildman–Crippen LogP) is 3.61. The minimum Gasteiger partial charge on any atom is -0.344 e. The lowest BCUT2D eigenvalue weighted by Gasteiger charge is -2.36. The summed E-state index contributed by atoms with van der Waals surface area (Å²) in [4.78, 5) is 29.0. The molecule has 2 aliphatic rings. The van der Waals surface area contributed by atoms with Crippen molar-refractivity contribution in [3.63, 3.8) is 0 Å². The van der Waals surface area contributed by atoms with Crippen molar-refractivity contribution in [1.82, 2.24) is 5.32 Å². The molecule has 0 aliphatic carbocycles. The number of rotatable bonds is 2. The van der Waals surface area contributed by atoms with Crippen LogP contribution in [0.3, 0.4) is 0 Å². The van der Waals surface area contributed by atoms with E-state index in [0.717, 1.165) is 29.7 Å². The monoisotopic (exact) mass is 409 g/mol. The molecule has 5 nitrogen and oxygen atoms in total. The lowest BCUT2D eigenvalue weighted by Crippen LogP contribution is -2.55. The maximum atomic E-state index is 13.6. The van der Waals surface area contributed by atoms with Gasteiger partial charge in [-0.1, -0.05) is 12.1 Å². The average Bonchev–Trinajstić information content (AvgIpc) is 2.66. The molecule has 7 heteroatoms. The first kappa shape index (κ1) is 19.3. The Morgan fingerprint density at radius 1 is 1.21 bits per heavy atom. The second-order valence-electron chi connectivity index (χ2n) is 7.35. The van der Waals surface area contributed by atoms with E-state index in [4.69, 9.17) is 12.2 Å². The molecule has 2 amide bonds. The fourth-order valence-corrected chi connectivity index (χ4v) is 4.01. The van der Waals surface area contributed by atoms with E-state index in [2.05, 4.69) is 5.32 Å². The van der Waals surface area contributed by atoms with Gasteiger partial charge in [0.15, 0.2) is 5.11 Å².